The van der Waals surface area contributed by atoms with E-state index < -0.39 is 0 Å². The normalized spacial score (nSPS) is 15.2. The van der Waals surface area contributed by atoms with Gasteiger partial charge in [0.1, 0.15) is 0 Å². The Morgan fingerprint density at radius 1 is 0.318 bits per heavy atom. The summed E-state index contributed by atoms with van der Waals surface area (Å²) < 4.78 is 0. The summed E-state index contributed by atoms with van der Waals surface area (Å²) in [4.78, 5) is 0. The van der Waals surface area contributed by atoms with Crippen molar-refractivity contribution in [3.63, 3.8) is 0 Å². The molecule has 0 aromatic heterocycles. The third kappa shape index (κ3) is 3.46. The van der Waals surface area contributed by atoms with E-state index in [1.807, 2.05) is 0 Å². The fraction of sp³-hybridized carbons (Fsp3) is 0.136. The Morgan fingerprint density at radius 2 is 0.727 bits per heavy atom. The molecule has 0 aliphatic heterocycles. The van der Waals surface area contributed by atoms with Crippen LogP contribution in [0, 0.1) is 0 Å². The van der Waals surface area contributed by atoms with Crippen LogP contribution in [0.2, 0.25) is 0 Å². The lowest BCUT2D eigenvalue weighted by Gasteiger charge is -2.23. The number of fused-ring (bicyclic) bond motifs is 9. The molecule has 0 N–H and O–H groups in total. The zero-order valence-corrected chi connectivity index (χ0v) is 25.7. The van der Waals surface area contributed by atoms with E-state index in [0.717, 1.165) is 0 Å². The molecule has 0 fully saturated rings. The molecule has 9 rings (SSSR count). The van der Waals surface area contributed by atoms with Crippen molar-refractivity contribution in [3.8, 4) is 44.5 Å². The maximum atomic E-state index is 2.45. The summed E-state index contributed by atoms with van der Waals surface area (Å²) >= 11 is 0. The number of benzene rings is 7. The molecule has 0 heteroatoms. The number of hydrogen-bond acceptors (Lipinski definition) is 0. The Bertz CT molecular complexity index is 2330. The van der Waals surface area contributed by atoms with Crippen molar-refractivity contribution in [2.45, 2.75) is 38.5 Å². The Balaban J connectivity index is 1.12. The fourth-order valence-corrected chi connectivity index (χ4v) is 8.16. The van der Waals surface area contributed by atoms with Gasteiger partial charge in [-0.1, -0.05) is 137 Å². The molecule has 0 radical (unpaired) electrons. The average molecular weight is 563 g/mol. The second-order valence-electron chi connectivity index (χ2n) is 13.8. The first kappa shape index (κ1) is 25.5. The minimum Gasteiger partial charge on any atom is -0.0619 e. The van der Waals surface area contributed by atoms with Gasteiger partial charge in [0, 0.05) is 10.8 Å². The van der Waals surface area contributed by atoms with Gasteiger partial charge in [-0.15, -0.1) is 0 Å². The topological polar surface area (TPSA) is 0 Å². The standard InChI is InChI=1S/C44H34/c1-43(2)39-12-8-7-11-34(39)35-20-18-31(25-40(35)43)32-19-22-37-36-21-17-30(24-41(36)44(3,4)42(37)26-32)29-16-15-28-14-13-27-9-5-6-10-33(27)38(28)23-29/h5-26H,1-4H3. The van der Waals surface area contributed by atoms with E-state index in [4.69, 9.17) is 0 Å². The van der Waals surface area contributed by atoms with Crippen LogP contribution in [0.15, 0.2) is 133 Å². The molecule has 2 aliphatic rings. The largest absolute Gasteiger partial charge is 0.0619 e. The van der Waals surface area contributed by atoms with Crippen LogP contribution in [0.3, 0.4) is 0 Å². The van der Waals surface area contributed by atoms with Gasteiger partial charge in [0.05, 0.1) is 0 Å². The van der Waals surface area contributed by atoms with Gasteiger partial charge >= 0.3 is 0 Å². The third-order valence-electron chi connectivity index (χ3n) is 10.7. The molecule has 2 aliphatic carbocycles. The number of rotatable bonds is 2. The molecule has 0 atom stereocenters. The number of hydrogen-bond donors (Lipinski definition) is 0. The molecule has 0 unspecified atom stereocenters. The first-order valence-electron chi connectivity index (χ1n) is 15.8. The van der Waals surface area contributed by atoms with E-state index in [1.54, 1.807) is 0 Å². The van der Waals surface area contributed by atoms with Crippen molar-refractivity contribution in [3.05, 3.63) is 156 Å². The summed E-state index contributed by atoms with van der Waals surface area (Å²) in [6.07, 6.45) is 0. The lowest BCUT2D eigenvalue weighted by molar-refractivity contribution is 0.659. The molecule has 210 valence electrons. The van der Waals surface area contributed by atoms with Gasteiger partial charge in [0.2, 0.25) is 0 Å². The average Bonchev–Trinajstić information content (AvgIpc) is 3.43. The van der Waals surface area contributed by atoms with Gasteiger partial charge in [-0.3, -0.25) is 0 Å². The van der Waals surface area contributed by atoms with Crippen molar-refractivity contribution in [2.75, 3.05) is 0 Å². The van der Waals surface area contributed by atoms with Gasteiger partial charge in [-0.2, -0.15) is 0 Å². The Morgan fingerprint density at radius 3 is 1.34 bits per heavy atom. The van der Waals surface area contributed by atoms with Crippen molar-refractivity contribution in [2.24, 2.45) is 0 Å². The second-order valence-corrected chi connectivity index (χ2v) is 13.8. The minimum absolute atomic E-state index is 0.000374. The first-order valence-corrected chi connectivity index (χ1v) is 15.8. The summed E-state index contributed by atoms with van der Waals surface area (Å²) in [6, 6.07) is 50.3. The van der Waals surface area contributed by atoms with Crippen molar-refractivity contribution in [1.29, 1.82) is 0 Å². The van der Waals surface area contributed by atoms with Crippen LogP contribution in [0.1, 0.15) is 49.9 Å². The van der Waals surface area contributed by atoms with Crippen LogP contribution < -0.4 is 0 Å². The molecular weight excluding hydrogens is 528 g/mol. The Hall–Kier alpha value is -4.94. The quantitative estimate of drug-likeness (QED) is 0.184. The van der Waals surface area contributed by atoms with E-state index in [0.29, 0.717) is 0 Å². The highest BCUT2D eigenvalue weighted by atomic mass is 14.4. The highest BCUT2D eigenvalue weighted by Crippen LogP contribution is 2.52. The van der Waals surface area contributed by atoms with Crippen LogP contribution in [0.5, 0.6) is 0 Å². The van der Waals surface area contributed by atoms with Crippen LogP contribution in [-0.4, -0.2) is 0 Å². The summed E-state index contributed by atoms with van der Waals surface area (Å²) in [7, 11) is 0. The van der Waals surface area contributed by atoms with Crippen LogP contribution in [0.25, 0.3) is 66.1 Å². The second kappa shape index (κ2) is 8.80. The van der Waals surface area contributed by atoms with Crippen LogP contribution in [-0.2, 0) is 10.8 Å². The predicted molar refractivity (Wildman–Crippen MR) is 187 cm³/mol. The van der Waals surface area contributed by atoms with Crippen LogP contribution in [0.4, 0.5) is 0 Å². The fourth-order valence-electron chi connectivity index (χ4n) is 8.16. The highest BCUT2D eigenvalue weighted by Gasteiger charge is 2.37. The lowest BCUT2D eigenvalue weighted by atomic mass is 9.80. The van der Waals surface area contributed by atoms with E-state index in [-0.39, 0.29) is 10.8 Å². The summed E-state index contributed by atoms with van der Waals surface area (Å²) in [6.45, 7) is 9.50. The molecule has 0 heterocycles. The monoisotopic (exact) mass is 562 g/mol. The summed E-state index contributed by atoms with van der Waals surface area (Å²) in [5.74, 6) is 0. The maximum absolute atomic E-state index is 2.45. The molecule has 0 nitrogen and oxygen atoms in total. The molecular formula is C44H34. The van der Waals surface area contributed by atoms with Gasteiger partial charge in [-0.05, 0) is 113 Å². The van der Waals surface area contributed by atoms with Crippen molar-refractivity contribution >= 4 is 21.5 Å². The molecule has 7 aromatic rings. The summed E-state index contributed by atoms with van der Waals surface area (Å²) in [5, 5.41) is 5.20. The molecule has 44 heavy (non-hydrogen) atoms. The van der Waals surface area contributed by atoms with Gasteiger partial charge in [-0.25, -0.2) is 0 Å². The summed E-state index contributed by atoms with van der Waals surface area (Å²) in [5.41, 5.74) is 16.2. The van der Waals surface area contributed by atoms with E-state index >= 15 is 0 Å². The zero-order valence-electron chi connectivity index (χ0n) is 25.7. The Labute approximate surface area is 259 Å². The molecule has 7 aromatic carbocycles. The van der Waals surface area contributed by atoms with Crippen LogP contribution >= 0.6 is 0 Å². The highest BCUT2D eigenvalue weighted by molar-refractivity contribution is 6.08. The van der Waals surface area contributed by atoms with Gasteiger partial charge in [0.25, 0.3) is 0 Å². The molecule has 0 amide bonds. The molecule has 0 saturated heterocycles. The molecule has 0 spiro atoms. The van der Waals surface area contributed by atoms with E-state index in [2.05, 4.69) is 161 Å². The lowest BCUT2D eigenvalue weighted by Crippen LogP contribution is -2.15. The van der Waals surface area contributed by atoms with E-state index in [1.165, 1.54) is 88.3 Å². The maximum Gasteiger partial charge on any atom is 0.0159 e. The zero-order chi connectivity index (χ0) is 29.8. The third-order valence-corrected chi connectivity index (χ3v) is 10.7. The Kier molecular flexibility index (Phi) is 5.11. The SMILES string of the molecule is CC1(C)c2ccccc2-c2ccc(-c3ccc4c(c3)C(C)(C)c3cc(-c5ccc6ccc7ccccc7c6c5)ccc3-4)cc21. The molecule has 0 saturated carbocycles. The smallest absolute Gasteiger partial charge is 0.0159 e. The van der Waals surface area contributed by atoms with Crippen molar-refractivity contribution < 1.29 is 0 Å². The van der Waals surface area contributed by atoms with Crippen molar-refractivity contribution in [1.82, 2.24) is 0 Å². The van der Waals surface area contributed by atoms with E-state index in [9.17, 15) is 0 Å². The predicted octanol–water partition coefficient (Wildman–Crippen LogP) is 11.9. The first-order chi connectivity index (χ1) is 21.3. The van der Waals surface area contributed by atoms with Gasteiger partial charge in [0.15, 0.2) is 0 Å². The van der Waals surface area contributed by atoms with Gasteiger partial charge < -0.3 is 0 Å². The minimum atomic E-state index is -0.0908. The molecule has 0 bridgehead atoms.